The van der Waals surface area contributed by atoms with E-state index in [0.717, 1.165) is 6.07 Å². The Morgan fingerprint density at radius 1 is 1.00 bits per heavy atom. The molecule has 9 heteroatoms. The van der Waals surface area contributed by atoms with Crippen molar-refractivity contribution in [3.05, 3.63) is 78.2 Å². The van der Waals surface area contributed by atoms with Gasteiger partial charge in [-0.25, -0.2) is 17.8 Å². The Balaban J connectivity index is 1.68. The minimum atomic E-state index is -4.71. The van der Waals surface area contributed by atoms with E-state index in [4.69, 9.17) is 4.74 Å². The third-order valence-corrected chi connectivity index (χ3v) is 5.18. The van der Waals surface area contributed by atoms with Gasteiger partial charge in [-0.1, -0.05) is 18.2 Å². The van der Waals surface area contributed by atoms with Crippen molar-refractivity contribution in [2.24, 2.45) is 0 Å². The lowest BCUT2D eigenvalue weighted by Gasteiger charge is -2.12. The van der Waals surface area contributed by atoms with Crippen LogP contribution in [-0.4, -0.2) is 19.2 Å². The molecule has 1 N–H and O–H groups in total. The molecule has 0 aliphatic heterocycles. The summed E-state index contributed by atoms with van der Waals surface area (Å²) in [5, 5.41) is 2.83. The monoisotopic (exact) mass is 408 g/mol. The number of hydrogen-bond acceptors (Lipinski definition) is 5. The molecule has 0 aliphatic carbocycles. The number of nitrogens with one attached hydrogen (secondary N) is 1. The first-order valence-electron chi connectivity index (χ1n) is 8.09. The maximum atomic E-state index is 12.9. The molecule has 0 amide bonds. The lowest BCUT2D eigenvalue weighted by atomic mass is 10.2. The van der Waals surface area contributed by atoms with Gasteiger partial charge in [0.1, 0.15) is 11.6 Å². The Kier molecular flexibility index (Phi) is 5.84. The molecule has 146 valence electrons. The molecule has 3 aromatic rings. The number of rotatable bonds is 7. The second-order valence-corrected chi connectivity index (χ2v) is 7.60. The lowest BCUT2D eigenvalue weighted by molar-refractivity contribution is 0.235. The smallest absolute Gasteiger partial charge is 0.341 e. The molecule has 0 radical (unpaired) electrons. The van der Waals surface area contributed by atoms with Crippen molar-refractivity contribution in [1.82, 2.24) is 4.98 Å². The summed E-state index contributed by atoms with van der Waals surface area (Å²) in [6.45, 7) is 0.166. The van der Waals surface area contributed by atoms with Crippen molar-refractivity contribution >= 4 is 15.5 Å². The summed E-state index contributed by atoms with van der Waals surface area (Å²) in [5.41, 5.74) is 0.755. The zero-order valence-corrected chi connectivity index (χ0v) is 15.2. The summed E-state index contributed by atoms with van der Waals surface area (Å²) in [4.78, 5) is 3.65. The van der Waals surface area contributed by atoms with Gasteiger partial charge in [-0.2, -0.15) is 8.78 Å². The zero-order chi connectivity index (χ0) is 20.1. The molecule has 2 aromatic carbocycles. The fraction of sp³-hybridized carbons (Fsp3) is 0.105. The highest BCUT2D eigenvalue weighted by Gasteiger charge is 2.28. The molecule has 0 aliphatic rings. The van der Waals surface area contributed by atoms with E-state index < -0.39 is 20.5 Å². The highest BCUT2D eigenvalue weighted by atomic mass is 32.2. The Morgan fingerprint density at radius 2 is 1.71 bits per heavy atom. The van der Waals surface area contributed by atoms with E-state index in [1.54, 1.807) is 18.2 Å². The number of anilines is 1. The van der Waals surface area contributed by atoms with Crippen LogP contribution in [0.3, 0.4) is 0 Å². The topological polar surface area (TPSA) is 68.3 Å². The molecule has 1 heterocycles. The van der Waals surface area contributed by atoms with E-state index in [0.29, 0.717) is 11.3 Å². The number of hydrogen-bond donors (Lipinski definition) is 1. The first kappa shape index (κ1) is 19.7. The number of nitrogens with zero attached hydrogens (tertiary/aromatic N) is 1. The number of halogens is 3. The zero-order valence-electron chi connectivity index (χ0n) is 14.3. The van der Waals surface area contributed by atoms with Crippen LogP contribution >= 0.6 is 0 Å². The largest absolute Gasteiger partial charge is 0.439 e. The summed E-state index contributed by atoms with van der Waals surface area (Å²) in [6.07, 6.45) is 1.50. The summed E-state index contributed by atoms with van der Waals surface area (Å²) >= 11 is 0. The summed E-state index contributed by atoms with van der Waals surface area (Å²) in [6, 6.07) is 14.2. The average Bonchev–Trinajstić information content (AvgIpc) is 2.69. The SMILES string of the molecule is O=S(=O)(c1ccccc1NCc1ccc(Oc2ccc(F)cc2)nc1)C(F)F. The van der Waals surface area contributed by atoms with E-state index in [2.05, 4.69) is 10.3 Å². The quantitative estimate of drug-likeness (QED) is 0.618. The molecule has 0 saturated carbocycles. The van der Waals surface area contributed by atoms with Crippen LogP contribution in [0.2, 0.25) is 0 Å². The van der Waals surface area contributed by atoms with Gasteiger partial charge in [0.25, 0.3) is 0 Å². The number of aromatic nitrogens is 1. The van der Waals surface area contributed by atoms with Crippen LogP contribution in [0.4, 0.5) is 18.9 Å². The van der Waals surface area contributed by atoms with Gasteiger partial charge in [0.2, 0.25) is 15.7 Å². The van der Waals surface area contributed by atoms with Crippen LogP contribution in [0, 0.1) is 5.82 Å². The number of para-hydroxylation sites is 1. The molecule has 0 spiro atoms. The Bertz CT molecular complexity index is 1040. The van der Waals surface area contributed by atoms with Gasteiger partial charge in [-0.3, -0.25) is 0 Å². The predicted molar refractivity (Wildman–Crippen MR) is 97.7 cm³/mol. The summed E-state index contributed by atoms with van der Waals surface area (Å²) in [5.74, 6) is -3.17. The van der Waals surface area contributed by atoms with E-state index >= 15 is 0 Å². The first-order valence-corrected chi connectivity index (χ1v) is 9.64. The van der Waals surface area contributed by atoms with Crippen molar-refractivity contribution in [2.75, 3.05) is 5.32 Å². The van der Waals surface area contributed by atoms with E-state index in [-0.39, 0.29) is 23.9 Å². The molecular formula is C19H15F3N2O3S. The maximum absolute atomic E-state index is 12.9. The Labute approximate surface area is 159 Å². The predicted octanol–water partition coefficient (Wildman–Crippen LogP) is 4.62. The van der Waals surface area contributed by atoms with Crippen LogP contribution < -0.4 is 10.1 Å². The van der Waals surface area contributed by atoms with Crippen LogP contribution in [0.5, 0.6) is 11.6 Å². The van der Waals surface area contributed by atoms with Crippen molar-refractivity contribution in [2.45, 2.75) is 17.2 Å². The molecule has 0 saturated heterocycles. The van der Waals surface area contributed by atoms with Gasteiger partial charge < -0.3 is 10.1 Å². The number of pyridine rings is 1. The van der Waals surface area contributed by atoms with Crippen molar-refractivity contribution in [1.29, 1.82) is 0 Å². The third-order valence-electron chi connectivity index (χ3n) is 3.74. The number of alkyl halides is 2. The molecule has 3 rings (SSSR count). The molecule has 0 unspecified atom stereocenters. The molecule has 1 aromatic heterocycles. The van der Waals surface area contributed by atoms with Crippen molar-refractivity contribution in [3.8, 4) is 11.6 Å². The maximum Gasteiger partial charge on any atom is 0.341 e. The van der Waals surface area contributed by atoms with Crippen molar-refractivity contribution < 1.29 is 26.3 Å². The van der Waals surface area contributed by atoms with Gasteiger partial charge >= 0.3 is 5.76 Å². The first-order chi connectivity index (χ1) is 13.4. The highest BCUT2D eigenvalue weighted by molar-refractivity contribution is 7.91. The highest BCUT2D eigenvalue weighted by Crippen LogP contribution is 2.26. The minimum absolute atomic E-state index is 0.0782. The van der Waals surface area contributed by atoms with Gasteiger partial charge in [0, 0.05) is 18.8 Å². The second-order valence-electron chi connectivity index (χ2n) is 5.72. The Morgan fingerprint density at radius 3 is 2.36 bits per heavy atom. The summed E-state index contributed by atoms with van der Waals surface area (Å²) < 4.78 is 67.5. The van der Waals surface area contributed by atoms with Gasteiger partial charge in [-0.05, 0) is 42.0 Å². The fourth-order valence-corrected chi connectivity index (χ4v) is 3.26. The summed E-state index contributed by atoms with van der Waals surface area (Å²) in [7, 11) is -4.71. The molecule has 0 atom stereocenters. The Hall–Kier alpha value is -3.07. The fourth-order valence-electron chi connectivity index (χ4n) is 2.35. The van der Waals surface area contributed by atoms with Crippen LogP contribution in [0.15, 0.2) is 71.8 Å². The second kappa shape index (κ2) is 8.30. The van der Waals surface area contributed by atoms with E-state index in [1.165, 1.54) is 42.6 Å². The van der Waals surface area contributed by atoms with Crippen LogP contribution in [-0.2, 0) is 16.4 Å². The molecule has 0 bridgehead atoms. The van der Waals surface area contributed by atoms with Crippen molar-refractivity contribution in [3.63, 3.8) is 0 Å². The lowest BCUT2D eigenvalue weighted by Crippen LogP contribution is -2.14. The van der Waals surface area contributed by atoms with Crippen LogP contribution in [0.1, 0.15) is 5.56 Å². The van der Waals surface area contributed by atoms with E-state index in [1.807, 2.05) is 0 Å². The molecule has 28 heavy (non-hydrogen) atoms. The van der Waals surface area contributed by atoms with Gasteiger partial charge in [0.15, 0.2) is 0 Å². The normalized spacial score (nSPS) is 11.4. The molecular weight excluding hydrogens is 393 g/mol. The number of benzene rings is 2. The number of ether oxygens (including phenoxy) is 1. The van der Waals surface area contributed by atoms with Gasteiger partial charge in [0.05, 0.1) is 10.6 Å². The molecule has 5 nitrogen and oxygen atoms in total. The van der Waals surface area contributed by atoms with Gasteiger partial charge in [-0.15, -0.1) is 0 Å². The molecule has 0 fully saturated rings. The van der Waals surface area contributed by atoms with E-state index in [9.17, 15) is 21.6 Å². The average molecular weight is 408 g/mol. The van der Waals surface area contributed by atoms with Crippen LogP contribution in [0.25, 0.3) is 0 Å². The number of sulfone groups is 1. The third kappa shape index (κ3) is 4.61. The standard InChI is InChI=1S/C19H15F3N2O3S/c20-14-6-8-15(9-7-14)27-18-10-5-13(12-24-18)11-23-16-3-1-2-4-17(16)28(25,26)19(21)22/h1-10,12,19,23H,11H2. The minimum Gasteiger partial charge on any atom is -0.439 e.